The second kappa shape index (κ2) is 5.44. The van der Waals surface area contributed by atoms with Crippen molar-refractivity contribution in [3.63, 3.8) is 0 Å². The Morgan fingerprint density at radius 1 is 0.952 bits per heavy atom. The van der Waals surface area contributed by atoms with Crippen molar-refractivity contribution in [1.29, 1.82) is 0 Å². The van der Waals surface area contributed by atoms with E-state index < -0.39 is 0 Å². The largest absolute Gasteiger partial charge is 0.384 e. The van der Waals surface area contributed by atoms with Gasteiger partial charge in [0.05, 0.1) is 11.4 Å². The lowest BCUT2D eigenvalue weighted by Crippen LogP contribution is -2.01. The van der Waals surface area contributed by atoms with Crippen molar-refractivity contribution >= 4 is 5.82 Å². The normalized spacial score (nSPS) is 11.0. The Morgan fingerprint density at radius 3 is 2.24 bits per heavy atom. The molecule has 1 aromatic heterocycles. The van der Waals surface area contributed by atoms with Gasteiger partial charge in [0, 0.05) is 11.6 Å². The van der Waals surface area contributed by atoms with Gasteiger partial charge in [-0.3, -0.25) is 0 Å². The third-order valence-electron chi connectivity index (χ3n) is 3.61. The predicted molar refractivity (Wildman–Crippen MR) is 87.5 cm³/mol. The molecule has 2 aromatic carbocycles. The summed E-state index contributed by atoms with van der Waals surface area (Å²) >= 11 is 0. The summed E-state index contributed by atoms with van der Waals surface area (Å²) in [6.45, 7) is 4.38. The van der Waals surface area contributed by atoms with E-state index >= 15 is 0 Å². The summed E-state index contributed by atoms with van der Waals surface area (Å²) < 4.78 is 1.77. The Kier molecular flexibility index (Phi) is 3.48. The second-order valence-electron chi connectivity index (χ2n) is 5.48. The number of benzene rings is 2. The Balaban J connectivity index is 1.97. The number of nitrogens with two attached hydrogens (primary N) is 1. The number of nitrogen functional groups attached to an aromatic ring is 1. The average molecular weight is 277 g/mol. The minimum absolute atomic E-state index is 0.533. The molecule has 0 saturated heterocycles. The van der Waals surface area contributed by atoms with Crippen molar-refractivity contribution in [3.05, 3.63) is 66.2 Å². The van der Waals surface area contributed by atoms with E-state index in [1.165, 1.54) is 5.56 Å². The van der Waals surface area contributed by atoms with Gasteiger partial charge < -0.3 is 5.73 Å². The summed E-state index contributed by atoms with van der Waals surface area (Å²) in [6, 6.07) is 20.4. The number of nitrogens with zero attached hydrogens (tertiary/aromatic N) is 2. The maximum Gasteiger partial charge on any atom is 0.127 e. The summed E-state index contributed by atoms with van der Waals surface area (Å²) in [4.78, 5) is 0. The smallest absolute Gasteiger partial charge is 0.127 e. The van der Waals surface area contributed by atoms with Crippen molar-refractivity contribution in [3.8, 4) is 16.9 Å². The molecule has 3 nitrogen and oxygen atoms in total. The van der Waals surface area contributed by atoms with Gasteiger partial charge in [0.25, 0.3) is 0 Å². The zero-order valence-corrected chi connectivity index (χ0v) is 12.3. The average Bonchev–Trinajstić information content (AvgIpc) is 2.90. The van der Waals surface area contributed by atoms with Gasteiger partial charge in [-0.25, -0.2) is 4.68 Å². The highest BCUT2D eigenvalue weighted by molar-refractivity contribution is 5.64. The van der Waals surface area contributed by atoms with Crippen LogP contribution in [0.2, 0.25) is 0 Å². The van der Waals surface area contributed by atoms with Gasteiger partial charge in [-0.15, -0.1) is 0 Å². The SMILES string of the molecule is CC(C)c1ccc(-c2cc(N)n(-c3ccccc3)n2)cc1. The quantitative estimate of drug-likeness (QED) is 0.778. The third-order valence-corrected chi connectivity index (χ3v) is 3.61. The first-order chi connectivity index (χ1) is 10.1. The molecular formula is C18H19N3. The molecule has 106 valence electrons. The molecule has 2 N–H and O–H groups in total. The minimum atomic E-state index is 0.533. The molecule has 3 aromatic rings. The number of anilines is 1. The molecule has 0 aliphatic carbocycles. The fourth-order valence-corrected chi connectivity index (χ4v) is 2.35. The van der Waals surface area contributed by atoms with Crippen molar-refractivity contribution in [1.82, 2.24) is 9.78 Å². The zero-order chi connectivity index (χ0) is 14.8. The van der Waals surface area contributed by atoms with E-state index in [1.54, 1.807) is 4.68 Å². The highest BCUT2D eigenvalue weighted by Gasteiger charge is 2.09. The monoisotopic (exact) mass is 277 g/mol. The molecule has 0 unspecified atom stereocenters. The van der Waals surface area contributed by atoms with Crippen LogP contribution in [0.25, 0.3) is 16.9 Å². The van der Waals surface area contributed by atoms with Crippen molar-refractivity contribution in [2.75, 3.05) is 5.73 Å². The Bertz CT molecular complexity index is 725. The Morgan fingerprint density at radius 2 is 1.62 bits per heavy atom. The molecule has 0 atom stereocenters. The standard InChI is InChI=1S/C18H19N3/c1-13(2)14-8-10-15(11-9-14)17-12-18(19)21(20-17)16-6-4-3-5-7-16/h3-13H,19H2,1-2H3. The number of hydrogen-bond donors (Lipinski definition) is 1. The van der Waals surface area contributed by atoms with E-state index in [-0.39, 0.29) is 0 Å². The Hall–Kier alpha value is -2.55. The van der Waals surface area contributed by atoms with Crippen LogP contribution in [0, 0.1) is 0 Å². The fourth-order valence-electron chi connectivity index (χ4n) is 2.35. The van der Waals surface area contributed by atoms with E-state index in [4.69, 9.17) is 5.73 Å². The van der Waals surface area contributed by atoms with Crippen LogP contribution < -0.4 is 5.73 Å². The summed E-state index contributed by atoms with van der Waals surface area (Å²) in [5.41, 5.74) is 10.4. The summed E-state index contributed by atoms with van der Waals surface area (Å²) in [5.74, 6) is 1.18. The van der Waals surface area contributed by atoms with Gasteiger partial charge in [0.2, 0.25) is 0 Å². The van der Waals surface area contributed by atoms with Crippen molar-refractivity contribution in [2.24, 2.45) is 0 Å². The van der Waals surface area contributed by atoms with E-state index in [0.717, 1.165) is 16.9 Å². The van der Waals surface area contributed by atoms with Crippen LogP contribution in [-0.2, 0) is 0 Å². The third kappa shape index (κ3) is 2.68. The first-order valence-corrected chi connectivity index (χ1v) is 7.16. The maximum atomic E-state index is 6.09. The highest BCUT2D eigenvalue weighted by Crippen LogP contribution is 2.24. The van der Waals surface area contributed by atoms with Gasteiger partial charge in [0.1, 0.15) is 5.82 Å². The molecule has 3 rings (SSSR count). The molecule has 0 saturated carbocycles. The lowest BCUT2D eigenvalue weighted by atomic mass is 10.0. The molecular weight excluding hydrogens is 258 g/mol. The molecule has 0 fully saturated rings. The molecule has 0 amide bonds. The summed E-state index contributed by atoms with van der Waals surface area (Å²) in [7, 11) is 0. The van der Waals surface area contributed by atoms with Crippen LogP contribution in [0.3, 0.4) is 0 Å². The van der Waals surface area contributed by atoms with Crippen molar-refractivity contribution < 1.29 is 0 Å². The second-order valence-corrected chi connectivity index (χ2v) is 5.48. The topological polar surface area (TPSA) is 43.8 Å². The first-order valence-electron chi connectivity index (χ1n) is 7.16. The highest BCUT2D eigenvalue weighted by atomic mass is 15.3. The van der Waals surface area contributed by atoms with Gasteiger partial charge in [-0.2, -0.15) is 5.10 Å². The number of hydrogen-bond acceptors (Lipinski definition) is 2. The summed E-state index contributed by atoms with van der Waals surface area (Å²) in [6.07, 6.45) is 0. The van der Waals surface area contributed by atoms with Gasteiger partial charge in [-0.05, 0) is 23.6 Å². The lowest BCUT2D eigenvalue weighted by molar-refractivity contribution is 0.866. The van der Waals surface area contributed by atoms with Crippen LogP contribution in [0.1, 0.15) is 25.3 Å². The van der Waals surface area contributed by atoms with E-state index in [9.17, 15) is 0 Å². The summed E-state index contributed by atoms with van der Waals surface area (Å²) in [5, 5.41) is 4.62. The van der Waals surface area contributed by atoms with Crippen LogP contribution in [0.4, 0.5) is 5.82 Å². The molecule has 0 radical (unpaired) electrons. The number of aromatic nitrogens is 2. The number of rotatable bonds is 3. The first kappa shape index (κ1) is 13.4. The van der Waals surface area contributed by atoms with Gasteiger partial charge in [0.15, 0.2) is 0 Å². The molecule has 1 heterocycles. The molecule has 0 aliphatic heterocycles. The van der Waals surface area contributed by atoms with E-state index in [0.29, 0.717) is 11.7 Å². The fraction of sp³-hybridized carbons (Fsp3) is 0.167. The molecule has 0 spiro atoms. The van der Waals surface area contributed by atoms with E-state index in [2.05, 4.69) is 43.2 Å². The molecule has 0 aliphatic rings. The molecule has 0 bridgehead atoms. The minimum Gasteiger partial charge on any atom is -0.384 e. The Labute approximate surface area is 125 Å². The zero-order valence-electron chi connectivity index (χ0n) is 12.3. The van der Waals surface area contributed by atoms with E-state index in [1.807, 2.05) is 36.4 Å². The lowest BCUT2D eigenvalue weighted by Gasteiger charge is -2.05. The molecule has 21 heavy (non-hydrogen) atoms. The van der Waals surface area contributed by atoms with Crippen molar-refractivity contribution in [2.45, 2.75) is 19.8 Å². The van der Waals surface area contributed by atoms with Crippen LogP contribution in [0.5, 0.6) is 0 Å². The maximum absolute atomic E-state index is 6.09. The van der Waals surface area contributed by atoms with Gasteiger partial charge in [-0.1, -0.05) is 56.3 Å². The predicted octanol–water partition coefficient (Wildman–Crippen LogP) is 4.24. The van der Waals surface area contributed by atoms with Crippen LogP contribution in [0.15, 0.2) is 60.7 Å². The van der Waals surface area contributed by atoms with Crippen LogP contribution >= 0.6 is 0 Å². The van der Waals surface area contributed by atoms with Gasteiger partial charge >= 0.3 is 0 Å². The molecule has 3 heteroatoms. The number of para-hydroxylation sites is 1. The van der Waals surface area contributed by atoms with Crippen LogP contribution in [-0.4, -0.2) is 9.78 Å².